The second kappa shape index (κ2) is 6.83. The van der Waals surface area contributed by atoms with Gasteiger partial charge in [-0.1, -0.05) is 23.8 Å². The van der Waals surface area contributed by atoms with Gasteiger partial charge in [0.15, 0.2) is 0 Å². The smallest absolute Gasteiger partial charge is 0.256 e. The van der Waals surface area contributed by atoms with E-state index in [9.17, 15) is 4.79 Å². The lowest BCUT2D eigenvalue weighted by Crippen LogP contribution is -2.15. The number of hydrogen-bond acceptors (Lipinski definition) is 5. The number of rotatable bonds is 4. The van der Waals surface area contributed by atoms with E-state index in [1.54, 1.807) is 22.9 Å². The number of nitrogens with zero attached hydrogens (tertiary/aromatic N) is 6. The average Bonchev–Trinajstić information content (AvgIpc) is 3.33. The van der Waals surface area contributed by atoms with E-state index in [4.69, 9.17) is 0 Å². The SMILES string of the molecule is Cc1ccc(-n2nc(C)cc2NC(=O)c2cccc(-n3cnnn3)c2)cc1. The molecule has 0 unspecified atom stereocenters. The molecule has 2 aromatic heterocycles. The van der Waals surface area contributed by atoms with Gasteiger partial charge >= 0.3 is 0 Å². The number of amides is 1. The Kier molecular flexibility index (Phi) is 4.21. The number of aryl methyl sites for hydroxylation is 2. The molecule has 4 rings (SSSR count). The zero-order valence-electron chi connectivity index (χ0n) is 14.9. The number of nitrogens with one attached hydrogen (secondary N) is 1. The molecule has 8 heteroatoms. The second-order valence-corrected chi connectivity index (χ2v) is 6.18. The Morgan fingerprint density at radius 3 is 2.56 bits per heavy atom. The number of carbonyl (C=O) groups excluding carboxylic acids is 1. The molecule has 1 N–H and O–H groups in total. The molecule has 0 atom stereocenters. The summed E-state index contributed by atoms with van der Waals surface area (Å²) >= 11 is 0. The van der Waals surface area contributed by atoms with E-state index in [2.05, 4.69) is 25.9 Å². The highest BCUT2D eigenvalue weighted by Gasteiger charge is 2.13. The van der Waals surface area contributed by atoms with Crippen molar-refractivity contribution in [1.82, 2.24) is 30.0 Å². The van der Waals surface area contributed by atoms with Crippen molar-refractivity contribution in [2.24, 2.45) is 0 Å². The van der Waals surface area contributed by atoms with E-state index >= 15 is 0 Å². The van der Waals surface area contributed by atoms with Crippen LogP contribution >= 0.6 is 0 Å². The van der Waals surface area contributed by atoms with E-state index in [0.717, 1.165) is 16.9 Å². The van der Waals surface area contributed by atoms with Crippen LogP contribution in [0.25, 0.3) is 11.4 Å². The molecule has 0 saturated heterocycles. The number of carbonyl (C=O) groups is 1. The van der Waals surface area contributed by atoms with E-state index in [1.165, 1.54) is 11.0 Å². The first-order valence-corrected chi connectivity index (χ1v) is 8.39. The van der Waals surface area contributed by atoms with E-state index in [-0.39, 0.29) is 5.91 Å². The molecule has 2 aromatic carbocycles. The summed E-state index contributed by atoms with van der Waals surface area (Å²) in [7, 11) is 0. The van der Waals surface area contributed by atoms with Crippen LogP contribution in [0, 0.1) is 13.8 Å². The number of anilines is 1. The fourth-order valence-electron chi connectivity index (χ4n) is 2.73. The maximum Gasteiger partial charge on any atom is 0.256 e. The van der Waals surface area contributed by atoms with Crippen LogP contribution in [0.4, 0.5) is 5.82 Å². The van der Waals surface area contributed by atoms with Crippen molar-refractivity contribution in [2.45, 2.75) is 13.8 Å². The molecule has 4 aromatic rings. The number of aromatic nitrogens is 6. The van der Waals surface area contributed by atoms with Crippen molar-refractivity contribution in [3.63, 3.8) is 0 Å². The lowest BCUT2D eigenvalue weighted by molar-refractivity contribution is 0.102. The largest absolute Gasteiger partial charge is 0.306 e. The van der Waals surface area contributed by atoms with Crippen molar-refractivity contribution in [1.29, 1.82) is 0 Å². The van der Waals surface area contributed by atoms with Crippen LogP contribution in [-0.2, 0) is 0 Å². The minimum Gasteiger partial charge on any atom is -0.306 e. The maximum absolute atomic E-state index is 12.8. The molecule has 1 amide bonds. The van der Waals surface area contributed by atoms with Gasteiger partial charge in [0.2, 0.25) is 0 Å². The summed E-state index contributed by atoms with van der Waals surface area (Å²) in [6, 6.07) is 16.9. The third kappa shape index (κ3) is 3.45. The zero-order chi connectivity index (χ0) is 18.8. The Bertz CT molecular complexity index is 1080. The number of benzene rings is 2. The molecule has 27 heavy (non-hydrogen) atoms. The van der Waals surface area contributed by atoms with E-state index in [0.29, 0.717) is 17.1 Å². The Balaban J connectivity index is 1.62. The second-order valence-electron chi connectivity index (χ2n) is 6.18. The van der Waals surface area contributed by atoms with Crippen molar-refractivity contribution in [2.75, 3.05) is 5.32 Å². The molecule has 0 saturated carbocycles. The summed E-state index contributed by atoms with van der Waals surface area (Å²) in [5, 5.41) is 18.5. The summed E-state index contributed by atoms with van der Waals surface area (Å²) in [6.45, 7) is 3.91. The predicted octanol–water partition coefficient (Wildman–Crippen LogP) is 2.72. The molecular formula is C19H17N7O. The fourth-order valence-corrected chi connectivity index (χ4v) is 2.73. The van der Waals surface area contributed by atoms with Gasteiger partial charge in [-0.15, -0.1) is 5.10 Å². The van der Waals surface area contributed by atoms with Crippen molar-refractivity contribution < 1.29 is 4.79 Å². The molecule has 0 aliphatic rings. The highest BCUT2D eigenvalue weighted by molar-refractivity contribution is 6.04. The molecule has 0 spiro atoms. The molecule has 8 nitrogen and oxygen atoms in total. The number of hydrogen-bond donors (Lipinski definition) is 1. The molecule has 0 aliphatic carbocycles. The monoisotopic (exact) mass is 359 g/mol. The fraction of sp³-hybridized carbons (Fsp3) is 0.105. The molecule has 0 aliphatic heterocycles. The standard InChI is InChI=1S/C19H17N7O/c1-13-6-8-16(9-7-13)26-18(10-14(2)22-26)21-19(27)15-4-3-5-17(11-15)25-12-20-23-24-25/h3-12H,1-2H3,(H,21,27). The maximum atomic E-state index is 12.8. The summed E-state index contributed by atoms with van der Waals surface area (Å²) in [5.41, 5.74) is 4.06. The van der Waals surface area contributed by atoms with Crippen molar-refractivity contribution in [3.05, 3.63) is 77.7 Å². The van der Waals surface area contributed by atoms with Gasteiger partial charge in [0, 0.05) is 11.6 Å². The van der Waals surface area contributed by atoms with Gasteiger partial charge in [-0.25, -0.2) is 9.36 Å². The van der Waals surface area contributed by atoms with Crippen LogP contribution in [0.1, 0.15) is 21.6 Å². The van der Waals surface area contributed by atoms with E-state index in [1.807, 2.05) is 50.2 Å². The topological polar surface area (TPSA) is 90.5 Å². The van der Waals surface area contributed by atoms with Gasteiger partial charge in [0.25, 0.3) is 5.91 Å². The zero-order valence-corrected chi connectivity index (χ0v) is 14.9. The van der Waals surface area contributed by atoms with Crippen molar-refractivity contribution in [3.8, 4) is 11.4 Å². The Hall–Kier alpha value is -3.81. The third-order valence-electron chi connectivity index (χ3n) is 4.07. The van der Waals surface area contributed by atoms with Gasteiger partial charge in [-0.05, 0) is 54.6 Å². The first kappa shape index (κ1) is 16.6. The lowest BCUT2D eigenvalue weighted by Gasteiger charge is -2.10. The average molecular weight is 359 g/mol. The van der Waals surface area contributed by atoms with Crippen LogP contribution in [0.2, 0.25) is 0 Å². The number of tetrazole rings is 1. The van der Waals surface area contributed by atoms with Crippen LogP contribution < -0.4 is 5.32 Å². The third-order valence-corrected chi connectivity index (χ3v) is 4.07. The van der Waals surface area contributed by atoms with Crippen LogP contribution in [0.3, 0.4) is 0 Å². The predicted molar refractivity (Wildman–Crippen MR) is 100 cm³/mol. The molecular weight excluding hydrogens is 342 g/mol. The molecule has 0 radical (unpaired) electrons. The molecule has 2 heterocycles. The Morgan fingerprint density at radius 1 is 1.00 bits per heavy atom. The highest BCUT2D eigenvalue weighted by atomic mass is 16.1. The van der Waals surface area contributed by atoms with Gasteiger partial charge < -0.3 is 5.32 Å². The first-order valence-electron chi connectivity index (χ1n) is 8.39. The normalized spacial score (nSPS) is 10.7. The Labute approximate surface area is 155 Å². The highest BCUT2D eigenvalue weighted by Crippen LogP contribution is 2.19. The van der Waals surface area contributed by atoms with Crippen LogP contribution in [-0.4, -0.2) is 35.9 Å². The molecule has 0 bridgehead atoms. The summed E-state index contributed by atoms with van der Waals surface area (Å²) in [5.74, 6) is 0.368. The van der Waals surface area contributed by atoms with Crippen molar-refractivity contribution >= 4 is 11.7 Å². The minimum absolute atomic E-state index is 0.238. The summed E-state index contributed by atoms with van der Waals surface area (Å²) < 4.78 is 3.22. The molecule has 134 valence electrons. The van der Waals surface area contributed by atoms with Crippen LogP contribution in [0.5, 0.6) is 0 Å². The Morgan fingerprint density at radius 2 is 1.81 bits per heavy atom. The summed E-state index contributed by atoms with van der Waals surface area (Å²) in [4.78, 5) is 12.8. The minimum atomic E-state index is -0.238. The van der Waals surface area contributed by atoms with Gasteiger partial charge in [-0.3, -0.25) is 4.79 Å². The van der Waals surface area contributed by atoms with Crippen LogP contribution in [0.15, 0.2) is 60.9 Å². The first-order chi connectivity index (χ1) is 13.1. The van der Waals surface area contributed by atoms with Gasteiger partial charge in [0.1, 0.15) is 12.1 Å². The van der Waals surface area contributed by atoms with Gasteiger partial charge in [0.05, 0.1) is 17.1 Å². The lowest BCUT2D eigenvalue weighted by atomic mass is 10.2. The van der Waals surface area contributed by atoms with Gasteiger partial charge in [-0.2, -0.15) is 5.10 Å². The quantitative estimate of drug-likeness (QED) is 0.605. The summed E-state index contributed by atoms with van der Waals surface area (Å²) in [6.07, 6.45) is 1.48. The molecule has 0 fully saturated rings. The van der Waals surface area contributed by atoms with E-state index < -0.39 is 0 Å².